The number of hydrogen-bond donors (Lipinski definition) is 0. The van der Waals surface area contributed by atoms with Crippen molar-refractivity contribution >= 4 is 110 Å². The molecular formula is C55H35IN4. The molecule has 9 aromatic carbocycles. The molecule has 4 heterocycles. The number of fused-ring (bicyclic) bond motifs is 12. The quantitative estimate of drug-likeness (QED) is 0.157. The molecule has 0 bridgehead atoms. The molecule has 0 amide bonds. The van der Waals surface area contributed by atoms with E-state index in [0.29, 0.717) is 0 Å². The summed E-state index contributed by atoms with van der Waals surface area (Å²) in [6.45, 7) is 2.18. The molecule has 0 aliphatic rings. The smallest absolute Gasteiger partial charge is 0.0646 e. The van der Waals surface area contributed by atoms with E-state index < -0.39 is 0 Å². The van der Waals surface area contributed by atoms with Gasteiger partial charge >= 0.3 is 0 Å². The first-order chi connectivity index (χ1) is 29.6. The van der Waals surface area contributed by atoms with E-state index in [9.17, 15) is 0 Å². The number of benzene rings is 9. The fraction of sp³-hybridized carbons (Fsp3) is 0.0182. The second-order valence-corrected chi connectivity index (χ2v) is 17.0. The van der Waals surface area contributed by atoms with Crippen molar-refractivity contribution in [2.24, 2.45) is 0 Å². The van der Waals surface area contributed by atoms with Gasteiger partial charge in [-0.15, -0.1) is 0 Å². The largest absolute Gasteiger partial charge is 0.309 e. The van der Waals surface area contributed by atoms with Crippen LogP contribution in [-0.2, 0) is 0 Å². The number of nitrogens with zero attached hydrogens (tertiary/aromatic N) is 4. The first-order valence-electron chi connectivity index (χ1n) is 20.5. The summed E-state index contributed by atoms with van der Waals surface area (Å²) in [6.07, 6.45) is 0. The van der Waals surface area contributed by atoms with Gasteiger partial charge in [0.25, 0.3) is 0 Å². The lowest BCUT2D eigenvalue weighted by Crippen LogP contribution is -1.97. The van der Waals surface area contributed by atoms with Gasteiger partial charge in [-0.3, -0.25) is 2.78 Å². The second-order valence-electron chi connectivity index (χ2n) is 16.1. The molecule has 0 atom stereocenters. The maximum absolute atomic E-state index is 2.46. The van der Waals surface area contributed by atoms with Gasteiger partial charge in [0, 0.05) is 60.2 Å². The van der Waals surface area contributed by atoms with Crippen molar-refractivity contribution in [3.63, 3.8) is 0 Å². The second kappa shape index (κ2) is 12.7. The molecule has 0 N–H and O–H groups in total. The van der Waals surface area contributed by atoms with Gasteiger partial charge in [0.15, 0.2) is 0 Å². The van der Waals surface area contributed by atoms with E-state index >= 15 is 0 Å². The minimum absolute atomic E-state index is 1.15. The number of halogens is 1. The van der Waals surface area contributed by atoms with Gasteiger partial charge in [-0.1, -0.05) is 115 Å². The van der Waals surface area contributed by atoms with Gasteiger partial charge in [-0.05, 0) is 102 Å². The first kappa shape index (κ1) is 33.8. The Morgan fingerprint density at radius 3 is 1.33 bits per heavy atom. The zero-order chi connectivity index (χ0) is 39.6. The van der Waals surface area contributed by atoms with Crippen LogP contribution < -0.4 is 0 Å². The molecule has 0 fully saturated rings. The van der Waals surface area contributed by atoms with Gasteiger partial charge < -0.3 is 13.7 Å². The minimum atomic E-state index is 1.15. The van der Waals surface area contributed by atoms with Crippen LogP contribution in [0.2, 0.25) is 0 Å². The monoisotopic (exact) mass is 878 g/mol. The lowest BCUT2D eigenvalue weighted by Gasteiger charge is -2.12. The minimum Gasteiger partial charge on any atom is -0.309 e. The number of aryl methyl sites for hydroxylation is 1. The SMILES string of the molecule is Cc1cccc(-n2c3cc(-c4ccc5c(c4)c4ccccc4n5-c4ccc5c6ccccc6n(I)c5c4)ccc3c3ccc(-n4c5ccccc5c5ccccc54)cc32)c1. The Kier molecular flexibility index (Phi) is 7.16. The van der Waals surface area contributed by atoms with Crippen molar-refractivity contribution in [1.82, 2.24) is 16.5 Å². The molecule has 0 saturated heterocycles. The molecule has 4 aromatic heterocycles. The highest BCUT2D eigenvalue weighted by molar-refractivity contribution is 14.1. The maximum Gasteiger partial charge on any atom is 0.0646 e. The van der Waals surface area contributed by atoms with Crippen LogP contribution >= 0.6 is 22.9 Å². The Morgan fingerprint density at radius 2 is 0.700 bits per heavy atom. The van der Waals surface area contributed by atoms with E-state index in [0.717, 1.165) is 17.1 Å². The molecule has 4 nitrogen and oxygen atoms in total. The summed E-state index contributed by atoms with van der Waals surface area (Å²) >= 11 is 2.44. The number of aromatic nitrogens is 4. The van der Waals surface area contributed by atoms with Crippen LogP contribution in [-0.4, -0.2) is 16.5 Å². The van der Waals surface area contributed by atoms with E-state index in [-0.39, 0.29) is 0 Å². The average Bonchev–Trinajstić information content (AvgIpc) is 4.00. The highest BCUT2D eigenvalue weighted by Crippen LogP contribution is 2.41. The van der Waals surface area contributed by atoms with Crippen molar-refractivity contribution < 1.29 is 0 Å². The zero-order valence-corrected chi connectivity index (χ0v) is 34.8. The molecule has 13 rings (SSSR count). The summed E-state index contributed by atoms with van der Waals surface area (Å²) in [7, 11) is 0. The summed E-state index contributed by atoms with van der Waals surface area (Å²) in [4.78, 5) is 0. The summed E-state index contributed by atoms with van der Waals surface area (Å²) in [5.74, 6) is 0. The van der Waals surface area contributed by atoms with Crippen molar-refractivity contribution in [2.45, 2.75) is 6.92 Å². The molecule has 60 heavy (non-hydrogen) atoms. The van der Waals surface area contributed by atoms with E-state index in [1.165, 1.54) is 104 Å². The highest BCUT2D eigenvalue weighted by atomic mass is 127. The Bertz CT molecular complexity index is 3880. The van der Waals surface area contributed by atoms with Crippen molar-refractivity contribution in [2.75, 3.05) is 0 Å². The van der Waals surface area contributed by atoms with E-state index in [2.05, 4.69) is 240 Å². The fourth-order valence-corrected chi connectivity index (χ4v) is 10.9. The third-order valence-corrected chi connectivity index (χ3v) is 13.8. The van der Waals surface area contributed by atoms with E-state index in [4.69, 9.17) is 0 Å². The van der Waals surface area contributed by atoms with Gasteiger partial charge in [0.2, 0.25) is 0 Å². The Morgan fingerprint density at radius 1 is 0.283 bits per heavy atom. The lowest BCUT2D eigenvalue weighted by atomic mass is 10.0. The van der Waals surface area contributed by atoms with E-state index in [1.54, 1.807) is 0 Å². The summed E-state index contributed by atoms with van der Waals surface area (Å²) in [5, 5.41) is 10.1. The first-order valence-corrected chi connectivity index (χ1v) is 21.4. The number of hydrogen-bond acceptors (Lipinski definition) is 0. The molecule has 282 valence electrons. The molecule has 0 aliphatic carbocycles. The van der Waals surface area contributed by atoms with Gasteiger partial charge in [-0.2, -0.15) is 0 Å². The molecule has 0 radical (unpaired) electrons. The third-order valence-electron chi connectivity index (χ3n) is 12.7. The van der Waals surface area contributed by atoms with Crippen molar-refractivity contribution in [1.29, 1.82) is 0 Å². The molecule has 13 aromatic rings. The topological polar surface area (TPSA) is 19.7 Å². The maximum atomic E-state index is 2.46. The number of rotatable bonds is 4. The van der Waals surface area contributed by atoms with Crippen LogP contribution in [0.1, 0.15) is 5.56 Å². The predicted molar refractivity (Wildman–Crippen MR) is 262 cm³/mol. The molecule has 0 aliphatic heterocycles. The normalized spacial score (nSPS) is 12.2. The van der Waals surface area contributed by atoms with Crippen LogP contribution in [0.3, 0.4) is 0 Å². The Hall–Kier alpha value is -7.09. The predicted octanol–water partition coefficient (Wildman–Crippen LogP) is 15.3. The summed E-state index contributed by atoms with van der Waals surface area (Å²) in [6, 6.07) is 71.8. The van der Waals surface area contributed by atoms with Gasteiger partial charge in [0.05, 0.1) is 67.0 Å². The van der Waals surface area contributed by atoms with Crippen molar-refractivity contribution in [3.05, 3.63) is 200 Å². The lowest BCUT2D eigenvalue weighted by molar-refractivity contribution is 1.15. The average molecular weight is 879 g/mol. The zero-order valence-electron chi connectivity index (χ0n) is 32.6. The Balaban J connectivity index is 1.01. The van der Waals surface area contributed by atoms with Crippen LogP contribution in [0.25, 0.3) is 115 Å². The van der Waals surface area contributed by atoms with Crippen LogP contribution in [0, 0.1) is 6.92 Å². The fourth-order valence-electron chi connectivity index (χ4n) is 10.1. The molecule has 0 saturated carbocycles. The third kappa shape index (κ3) is 4.78. The van der Waals surface area contributed by atoms with Gasteiger partial charge in [-0.25, -0.2) is 0 Å². The molecule has 5 heteroatoms. The van der Waals surface area contributed by atoms with Crippen LogP contribution in [0.15, 0.2) is 194 Å². The molecule has 0 unspecified atom stereocenters. The standard InChI is InChI=1S/C55H35IN4/c1-34-11-10-12-37(29-34)59-53-31-36(21-25-44(53)45-26-23-38(32-54(45)59)57-48-17-6-2-13-40(48)41-14-3-7-18-49(41)57)35-22-28-51-47(30-35)43-16-4-8-19-50(43)58(51)39-24-27-46-42-15-5-9-20-52(42)60(56)55(46)33-39/h2-33H,1H3. The van der Waals surface area contributed by atoms with Gasteiger partial charge in [0.1, 0.15) is 0 Å². The molecular weight excluding hydrogens is 844 g/mol. The van der Waals surface area contributed by atoms with Crippen LogP contribution in [0.5, 0.6) is 0 Å². The summed E-state index contributed by atoms with van der Waals surface area (Å²) in [5.41, 5.74) is 16.7. The van der Waals surface area contributed by atoms with Crippen LogP contribution in [0.4, 0.5) is 0 Å². The van der Waals surface area contributed by atoms with E-state index in [1.807, 2.05) is 0 Å². The summed E-state index contributed by atoms with van der Waals surface area (Å²) < 4.78 is 9.59. The Labute approximate surface area is 359 Å². The highest BCUT2D eigenvalue weighted by Gasteiger charge is 2.19. The number of para-hydroxylation sites is 4. The van der Waals surface area contributed by atoms with Crippen molar-refractivity contribution in [3.8, 4) is 28.2 Å². The molecule has 0 spiro atoms.